The van der Waals surface area contributed by atoms with E-state index in [1.54, 1.807) is 0 Å². The van der Waals surface area contributed by atoms with Crippen LogP contribution in [0.5, 0.6) is 0 Å². The predicted molar refractivity (Wildman–Crippen MR) is 88.6 cm³/mol. The van der Waals surface area contributed by atoms with Crippen molar-refractivity contribution in [2.75, 3.05) is 26.2 Å². The van der Waals surface area contributed by atoms with Crippen LogP contribution in [0, 0.1) is 17.3 Å². The number of guanidine groups is 1. The van der Waals surface area contributed by atoms with Crippen LogP contribution in [0.4, 0.5) is 0 Å². The normalized spacial score (nSPS) is 27.5. The Morgan fingerprint density at radius 3 is 2.57 bits per heavy atom. The lowest BCUT2D eigenvalue weighted by molar-refractivity contribution is -0.0835. The molecule has 1 saturated heterocycles. The summed E-state index contributed by atoms with van der Waals surface area (Å²) in [7, 11) is 0. The molecule has 0 aromatic carbocycles. The fourth-order valence-corrected chi connectivity index (χ4v) is 3.10. The van der Waals surface area contributed by atoms with Gasteiger partial charge in [0.25, 0.3) is 0 Å². The van der Waals surface area contributed by atoms with Crippen molar-refractivity contribution in [2.24, 2.45) is 22.2 Å². The maximum atomic E-state index is 6.06. The minimum atomic E-state index is 0.205. The first-order chi connectivity index (χ1) is 10.0. The summed E-state index contributed by atoms with van der Waals surface area (Å²) in [4.78, 5) is 4.70. The van der Waals surface area contributed by atoms with Crippen LogP contribution in [0.25, 0.3) is 0 Å². The molecule has 2 unspecified atom stereocenters. The summed E-state index contributed by atoms with van der Waals surface area (Å²) in [6.07, 6.45) is 5.47. The first-order valence-electron chi connectivity index (χ1n) is 8.64. The molecule has 4 nitrogen and oxygen atoms in total. The summed E-state index contributed by atoms with van der Waals surface area (Å²) in [5, 5.41) is 6.89. The van der Waals surface area contributed by atoms with Crippen LogP contribution in [0.3, 0.4) is 0 Å². The summed E-state index contributed by atoms with van der Waals surface area (Å²) >= 11 is 0. The van der Waals surface area contributed by atoms with Crippen molar-refractivity contribution in [3.63, 3.8) is 0 Å². The van der Waals surface area contributed by atoms with Gasteiger partial charge in [-0.1, -0.05) is 20.8 Å². The highest BCUT2D eigenvalue weighted by molar-refractivity contribution is 5.79. The van der Waals surface area contributed by atoms with E-state index in [1.165, 1.54) is 25.7 Å². The van der Waals surface area contributed by atoms with Crippen LogP contribution in [-0.2, 0) is 4.74 Å². The average molecular weight is 295 g/mol. The molecule has 2 aliphatic rings. The largest absolute Gasteiger partial charge is 0.377 e. The van der Waals surface area contributed by atoms with E-state index in [1.807, 2.05) is 0 Å². The van der Waals surface area contributed by atoms with E-state index in [-0.39, 0.29) is 5.41 Å². The molecule has 2 atom stereocenters. The average Bonchev–Trinajstić information content (AvgIpc) is 3.25. The van der Waals surface area contributed by atoms with Gasteiger partial charge in [0.1, 0.15) is 0 Å². The molecule has 0 bridgehead atoms. The van der Waals surface area contributed by atoms with E-state index in [0.717, 1.165) is 38.1 Å². The molecule has 1 aliphatic carbocycles. The Bertz CT molecular complexity index is 344. The number of hydrogen-bond acceptors (Lipinski definition) is 2. The van der Waals surface area contributed by atoms with Crippen LogP contribution in [-0.4, -0.2) is 38.3 Å². The SMILES string of the molecule is CCNC(=NCC1CC1)NCC1CCCOC1C(C)(C)C. The van der Waals surface area contributed by atoms with E-state index in [0.29, 0.717) is 12.0 Å². The molecule has 2 N–H and O–H groups in total. The monoisotopic (exact) mass is 295 g/mol. The quantitative estimate of drug-likeness (QED) is 0.605. The Morgan fingerprint density at radius 2 is 1.95 bits per heavy atom. The van der Waals surface area contributed by atoms with Crippen molar-refractivity contribution >= 4 is 5.96 Å². The van der Waals surface area contributed by atoms with Gasteiger partial charge in [0.05, 0.1) is 6.10 Å². The fourth-order valence-electron chi connectivity index (χ4n) is 3.10. The van der Waals surface area contributed by atoms with Gasteiger partial charge in [-0.05, 0) is 43.9 Å². The minimum absolute atomic E-state index is 0.205. The van der Waals surface area contributed by atoms with Gasteiger partial charge < -0.3 is 15.4 Å². The van der Waals surface area contributed by atoms with Crippen LogP contribution in [0.1, 0.15) is 53.4 Å². The van der Waals surface area contributed by atoms with E-state index in [4.69, 9.17) is 9.73 Å². The van der Waals surface area contributed by atoms with Gasteiger partial charge in [-0.2, -0.15) is 0 Å². The Labute approximate surface area is 130 Å². The third kappa shape index (κ3) is 5.50. The molecular weight excluding hydrogens is 262 g/mol. The molecule has 21 heavy (non-hydrogen) atoms. The zero-order chi connectivity index (χ0) is 15.3. The molecular formula is C17H33N3O. The lowest BCUT2D eigenvalue weighted by Gasteiger charge is -2.40. The number of aliphatic imine (C=N–C) groups is 1. The molecule has 0 aromatic rings. The first-order valence-corrected chi connectivity index (χ1v) is 8.64. The van der Waals surface area contributed by atoms with Crippen LogP contribution >= 0.6 is 0 Å². The molecule has 1 saturated carbocycles. The number of ether oxygens (including phenoxy) is 1. The summed E-state index contributed by atoms with van der Waals surface area (Å²) in [6.45, 7) is 12.7. The Kier molecular flexibility index (Phi) is 5.91. The molecule has 122 valence electrons. The fraction of sp³-hybridized carbons (Fsp3) is 0.941. The maximum absolute atomic E-state index is 6.06. The highest BCUT2D eigenvalue weighted by Crippen LogP contribution is 2.33. The van der Waals surface area contributed by atoms with E-state index in [2.05, 4.69) is 38.3 Å². The molecule has 0 spiro atoms. The van der Waals surface area contributed by atoms with Crippen molar-refractivity contribution in [3.8, 4) is 0 Å². The van der Waals surface area contributed by atoms with Gasteiger partial charge in [0, 0.05) is 32.2 Å². The second kappa shape index (κ2) is 7.48. The molecule has 0 aromatic heterocycles. The first kappa shape index (κ1) is 16.6. The van der Waals surface area contributed by atoms with Gasteiger partial charge in [0.15, 0.2) is 5.96 Å². The second-order valence-corrected chi connectivity index (χ2v) is 7.60. The molecule has 0 amide bonds. The minimum Gasteiger partial charge on any atom is -0.377 e. The molecule has 4 heteroatoms. The Morgan fingerprint density at radius 1 is 1.19 bits per heavy atom. The van der Waals surface area contributed by atoms with E-state index >= 15 is 0 Å². The smallest absolute Gasteiger partial charge is 0.191 e. The number of rotatable bonds is 5. The standard InChI is InChI=1S/C17H33N3O/c1-5-18-16(19-11-13-8-9-13)20-12-14-7-6-10-21-15(14)17(2,3)4/h13-15H,5-12H2,1-4H3,(H2,18,19,20). The molecule has 0 radical (unpaired) electrons. The maximum Gasteiger partial charge on any atom is 0.191 e. The Hall–Kier alpha value is -0.770. The van der Waals surface area contributed by atoms with Crippen LogP contribution < -0.4 is 10.6 Å². The zero-order valence-electron chi connectivity index (χ0n) is 14.2. The van der Waals surface area contributed by atoms with Gasteiger partial charge in [-0.15, -0.1) is 0 Å². The zero-order valence-corrected chi connectivity index (χ0v) is 14.2. The third-order valence-corrected chi connectivity index (χ3v) is 4.38. The number of nitrogens with one attached hydrogen (secondary N) is 2. The molecule has 2 fully saturated rings. The predicted octanol–water partition coefficient (Wildman–Crippen LogP) is 2.79. The topological polar surface area (TPSA) is 45.7 Å². The molecule has 1 heterocycles. The lowest BCUT2D eigenvalue weighted by Crippen LogP contribution is -2.47. The van der Waals surface area contributed by atoms with E-state index in [9.17, 15) is 0 Å². The third-order valence-electron chi connectivity index (χ3n) is 4.38. The van der Waals surface area contributed by atoms with Crippen molar-refractivity contribution < 1.29 is 4.74 Å². The highest BCUT2D eigenvalue weighted by atomic mass is 16.5. The summed E-state index contributed by atoms with van der Waals surface area (Å²) in [5.41, 5.74) is 0.205. The Balaban J connectivity index is 1.86. The van der Waals surface area contributed by atoms with Crippen molar-refractivity contribution in [1.29, 1.82) is 0 Å². The van der Waals surface area contributed by atoms with Gasteiger partial charge in [-0.25, -0.2) is 0 Å². The van der Waals surface area contributed by atoms with Gasteiger partial charge in [0.2, 0.25) is 0 Å². The molecule has 1 aliphatic heterocycles. The number of hydrogen-bond donors (Lipinski definition) is 2. The van der Waals surface area contributed by atoms with E-state index < -0.39 is 0 Å². The summed E-state index contributed by atoms with van der Waals surface area (Å²) < 4.78 is 6.06. The summed E-state index contributed by atoms with van der Waals surface area (Å²) in [6, 6.07) is 0. The van der Waals surface area contributed by atoms with Crippen molar-refractivity contribution in [1.82, 2.24) is 10.6 Å². The van der Waals surface area contributed by atoms with Crippen molar-refractivity contribution in [2.45, 2.75) is 59.5 Å². The van der Waals surface area contributed by atoms with Crippen LogP contribution in [0.15, 0.2) is 4.99 Å². The second-order valence-electron chi connectivity index (χ2n) is 7.60. The van der Waals surface area contributed by atoms with Gasteiger partial charge >= 0.3 is 0 Å². The molecule has 2 rings (SSSR count). The van der Waals surface area contributed by atoms with Crippen molar-refractivity contribution in [3.05, 3.63) is 0 Å². The number of nitrogens with zero attached hydrogens (tertiary/aromatic N) is 1. The van der Waals surface area contributed by atoms with Crippen LogP contribution in [0.2, 0.25) is 0 Å². The highest BCUT2D eigenvalue weighted by Gasteiger charge is 2.35. The summed E-state index contributed by atoms with van der Waals surface area (Å²) in [5.74, 6) is 2.38. The lowest BCUT2D eigenvalue weighted by atomic mass is 9.78. The van der Waals surface area contributed by atoms with Gasteiger partial charge in [-0.3, -0.25) is 4.99 Å².